The van der Waals surface area contributed by atoms with Crippen molar-refractivity contribution in [2.75, 3.05) is 5.32 Å². The van der Waals surface area contributed by atoms with Crippen molar-refractivity contribution in [3.63, 3.8) is 0 Å². The zero-order valence-corrected chi connectivity index (χ0v) is 8.73. The standard InChI is InChI=1S/C9H13NO2S/c1-5(2)10-7-4-6(3)13-8(7)9(11)12/h4-5,10H,1-3H3,(H,11,12). The van der Waals surface area contributed by atoms with Gasteiger partial charge in [-0.05, 0) is 26.8 Å². The molecule has 0 amide bonds. The van der Waals surface area contributed by atoms with Crippen LogP contribution < -0.4 is 5.32 Å². The third-order valence-electron chi connectivity index (χ3n) is 1.49. The highest BCUT2D eigenvalue weighted by molar-refractivity contribution is 7.14. The predicted molar refractivity (Wildman–Crippen MR) is 54.8 cm³/mol. The van der Waals surface area contributed by atoms with Gasteiger partial charge in [0.25, 0.3) is 0 Å². The molecule has 0 atom stereocenters. The number of hydrogen-bond donors (Lipinski definition) is 2. The largest absolute Gasteiger partial charge is 0.477 e. The molecule has 0 radical (unpaired) electrons. The van der Waals surface area contributed by atoms with Crippen molar-refractivity contribution in [2.24, 2.45) is 0 Å². The van der Waals surface area contributed by atoms with Crippen LogP contribution in [-0.4, -0.2) is 17.1 Å². The Morgan fingerprint density at radius 1 is 1.62 bits per heavy atom. The average molecular weight is 199 g/mol. The minimum absolute atomic E-state index is 0.257. The zero-order chi connectivity index (χ0) is 10.0. The second-order valence-corrected chi connectivity index (χ2v) is 4.46. The Bertz CT molecular complexity index is 317. The van der Waals surface area contributed by atoms with Crippen molar-refractivity contribution >= 4 is 23.0 Å². The molecule has 0 aromatic carbocycles. The lowest BCUT2D eigenvalue weighted by Crippen LogP contribution is -2.11. The topological polar surface area (TPSA) is 49.3 Å². The Balaban J connectivity index is 2.97. The van der Waals surface area contributed by atoms with Crippen molar-refractivity contribution < 1.29 is 9.90 Å². The van der Waals surface area contributed by atoms with Crippen LogP contribution in [0.2, 0.25) is 0 Å². The van der Waals surface area contributed by atoms with Crippen LogP contribution in [0.15, 0.2) is 6.07 Å². The molecule has 0 saturated carbocycles. The van der Waals surface area contributed by atoms with Crippen LogP contribution in [0.5, 0.6) is 0 Å². The highest BCUT2D eigenvalue weighted by Gasteiger charge is 2.13. The van der Waals surface area contributed by atoms with E-state index >= 15 is 0 Å². The lowest BCUT2D eigenvalue weighted by Gasteiger charge is -2.08. The van der Waals surface area contributed by atoms with Gasteiger partial charge in [-0.1, -0.05) is 0 Å². The monoisotopic (exact) mass is 199 g/mol. The number of thiophene rings is 1. The van der Waals surface area contributed by atoms with Crippen molar-refractivity contribution in [2.45, 2.75) is 26.8 Å². The summed E-state index contributed by atoms with van der Waals surface area (Å²) in [5.74, 6) is -0.860. The smallest absolute Gasteiger partial charge is 0.348 e. The van der Waals surface area contributed by atoms with Gasteiger partial charge < -0.3 is 10.4 Å². The first kappa shape index (κ1) is 10.1. The highest BCUT2D eigenvalue weighted by Crippen LogP contribution is 2.26. The third kappa shape index (κ3) is 2.45. The maximum atomic E-state index is 10.8. The molecule has 0 aliphatic carbocycles. The van der Waals surface area contributed by atoms with Gasteiger partial charge in [0.1, 0.15) is 4.88 Å². The maximum absolute atomic E-state index is 10.8. The van der Waals surface area contributed by atoms with E-state index in [1.807, 2.05) is 26.8 Å². The Hall–Kier alpha value is -1.03. The summed E-state index contributed by atoms with van der Waals surface area (Å²) in [5.41, 5.74) is 0.727. The molecule has 3 nitrogen and oxygen atoms in total. The Morgan fingerprint density at radius 3 is 2.69 bits per heavy atom. The molecule has 0 spiro atoms. The quantitative estimate of drug-likeness (QED) is 0.786. The number of carboxylic acids is 1. The van der Waals surface area contributed by atoms with E-state index < -0.39 is 5.97 Å². The number of hydrogen-bond acceptors (Lipinski definition) is 3. The van der Waals surface area contributed by atoms with Crippen LogP contribution in [-0.2, 0) is 0 Å². The second kappa shape index (κ2) is 3.79. The van der Waals surface area contributed by atoms with Crippen LogP contribution in [0.1, 0.15) is 28.4 Å². The molecule has 13 heavy (non-hydrogen) atoms. The minimum Gasteiger partial charge on any atom is -0.477 e. The van der Waals surface area contributed by atoms with E-state index in [2.05, 4.69) is 5.32 Å². The molecule has 1 aromatic rings. The van der Waals surface area contributed by atoms with Gasteiger partial charge in [0, 0.05) is 10.9 Å². The van der Waals surface area contributed by atoms with E-state index in [1.165, 1.54) is 11.3 Å². The molecule has 1 aromatic heterocycles. The number of anilines is 1. The first-order chi connectivity index (χ1) is 6.00. The maximum Gasteiger partial charge on any atom is 0.348 e. The lowest BCUT2D eigenvalue weighted by atomic mass is 10.3. The van der Waals surface area contributed by atoms with Crippen molar-refractivity contribution in [1.82, 2.24) is 0 Å². The van der Waals surface area contributed by atoms with Crippen LogP contribution in [0.4, 0.5) is 5.69 Å². The number of aromatic carboxylic acids is 1. The number of carboxylic acid groups (broad SMARTS) is 1. The van der Waals surface area contributed by atoms with Crippen molar-refractivity contribution in [3.8, 4) is 0 Å². The van der Waals surface area contributed by atoms with Gasteiger partial charge in [-0.15, -0.1) is 11.3 Å². The Kier molecular flexibility index (Phi) is 2.93. The normalized spacial score (nSPS) is 10.5. The fourth-order valence-electron chi connectivity index (χ4n) is 1.09. The van der Waals surface area contributed by atoms with Gasteiger partial charge in [0.15, 0.2) is 0 Å². The Morgan fingerprint density at radius 2 is 2.23 bits per heavy atom. The molecule has 0 bridgehead atoms. The van der Waals surface area contributed by atoms with E-state index in [0.29, 0.717) is 4.88 Å². The SMILES string of the molecule is Cc1cc(NC(C)C)c(C(=O)O)s1. The molecule has 1 heterocycles. The van der Waals surface area contributed by atoms with Crippen LogP contribution in [0.25, 0.3) is 0 Å². The fourth-order valence-corrected chi connectivity index (χ4v) is 1.91. The van der Waals surface area contributed by atoms with Gasteiger partial charge in [0.05, 0.1) is 5.69 Å². The molecule has 0 aliphatic rings. The number of aryl methyl sites for hydroxylation is 1. The molecule has 0 saturated heterocycles. The molecule has 1 rings (SSSR count). The molecule has 72 valence electrons. The molecule has 0 aliphatic heterocycles. The van der Waals surface area contributed by atoms with Crippen LogP contribution in [0, 0.1) is 6.92 Å². The van der Waals surface area contributed by atoms with E-state index in [-0.39, 0.29) is 6.04 Å². The predicted octanol–water partition coefficient (Wildman–Crippen LogP) is 2.58. The molecular weight excluding hydrogens is 186 g/mol. The van der Waals surface area contributed by atoms with Crippen LogP contribution in [0.3, 0.4) is 0 Å². The molecular formula is C9H13NO2S. The summed E-state index contributed by atoms with van der Waals surface area (Å²) in [4.78, 5) is 12.2. The van der Waals surface area contributed by atoms with Crippen molar-refractivity contribution in [3.05, 3.63) is 15.8 Å². The molecule has 4 heteroatoms. The lowest BCUT2D eigenvalue weighted by molar-refractivity contribution is 0.0703. The van der Waals surface area contributed by atoms with Gasteiger partial charge >= 0.3 is 5.97 Å². The highest BCUT2D eigenvalue weighted by atomic mass is 32.1. The summed E-state index contributed by atoms with van der Waals surface area (Å²) in [6.07, 6.45) is 0. The van der Waals surface area contributed by atoms with Crippen LogP contribution >= 0.6 is 11.3 Å². The number of carbonyl (C=O) groups is 1. The van der Waals surface area contributed by atoms with E-state index in [1.54, 1.807) is 0 Å². The van der Waals surface area contributed by atoms with E-state index in [9.17, 15) is 4.79 Å². The van der Waals surface area contributed by atoms with E-state index in [4.69, 9.17) is 5.11 Å². The molecule has 0 fully saturated rings. The van der Waals surface area contributed by atoms with Gasteiger partial charge in [-0.25, -0.2) is 4.79 Å². The van der Waals surface area contributed by atoms with Gasteiger partial charge in [-0.3, -0.25) is 0 Å². The summed E-state index contributed by atoms with van der Waals surface area (Å²) < 4.78 is 0. The molecule has 2 N–H and O–H groups in total. The molecule has 0 unspecified atom stereocenters. The van der Waals surface area contributed by atoms with Gasteiger partial charge in [-0.2, -0.15) is 0 Å². The minimum atomic E-state index is -0.860. The second-order valence-electron chi connectivity index (χ2n) is 3.20. The van der Waals surface area contributed by atoms with Crippen molar-refractivity contribution in [1.29, 1.82) is 0 Å². The third-order valence-corrected chi connectivity index (χ3v) is 2.53. The summed E-state index contributed by atoms with van der Waals surface area (Å²) in [6.45, 7) is 5.87. The first-order valence-corrected chi connectivity index (χ1v) is 4.92. The van der Waals surface area contributed by atoms with E-state index in [0.717, 1.165) is 10.6 Å². The zero-order valence-electron chi connectivity index (χ0n) is 7.92. The summed E-state index contributed by atoms with van der Waals surface area (Å²) in [7, 11) is 0. The summed E-state index contributed by atoms with van der Waals surface area (Å²) in [5, 5.41) is 12.0. The number of nitrogens with one attached hydrogen (secondary N) is 1. The first-order valence-electron chi connectivity index (χ1n) is 4.11. The number of rotatable bonds is 3. The van der Waals surface area contributed by atoms with Gasteiger partial charge in [0.2, 0.25) is 0 Å². The average Bonchev–Trinajstić information content (AvgIpc) is 2.29. The summed E-state index contributed by atoms with van der Waals surface area (Å²) >= 11 is 1.30. The Labute approximate surface area is 81.4 Å². The summed E-state index contributed by atoms with van der Waals surface area (Å²) in [6, 6.07) is 2.13. The fraction of sp³-hybridized carbons (Fsp3) is 0.444.